The number of aromatic hydroxyl groups is 1. The lowest BCUT2D eigenvalue weighted by Crippen LogP contribution is -2.31. The third-order valence-electron chi connectivity index (χ3n) is 3.23. The Labute approximate surface area is 124 Å². The van der Waals surface area contributed by atoms with Gasteiger partial charge in [-0.3, -0.25) is 4.79 Å². The number of nitrogens with one attached hydrogen (secondary N) is 1. The molecule has 21 heavy (non-hydrogen) atoms. The van der Waals surface area contributed by atoms with Crippen molar-refractivity contribution < 1.29 is 14.6 Å². The van der Waals surface area contributed by atoms with Gasteiger partial charge in [-0.2, -0.15) is 0 Å². The molecule has 0 spiro atoms. The molecule has 0 aliphatic heterocycles. The van der Waals surface area contributed by atoms with Gasteiger partial charge in [-0.25, -0.2) is 0 Å². The summed E-state index contributed by atoms with van der Waals surface area (Å²) in [6, 6.07) is 16.4. The van der Waals surface area contributed by atoms with E-state index in [1.54, 1.807) is 12.1 Å². The second kappa shape index (κ2) is 7.45. The van der Waals surface area contributed by atoms with Crippen LogP contribution in [0.5, 0.6) is 5.75 Å². The highest BCUT2D eigenvalue weighted by atomic mass is 16.5. The van der Waals surface area contributed by atoms with Crippen molar-refractivity contribution in [3.63, 3.8) is 0 Å². The first-order chi connectivity index (χ1) is 10.2. The number of hydrogen-bond acceptors (Lipinski definition) is 3. The minimum atomic E-state index is -0.592. The van der Waals surface area contributed by atoms with Crippen LogP contribution in [0, 0.1) is 0 Å². The van der Waals surface area contributed by atoms with Crippen molar-refractivity contribution in [3.8, 4) is 5.75 Å². The monoisotopic (exact) mass is 285 g/mol. The Morgan fingerprint density at radius 1 is 1.14 bits per heavy atom. The highest BCUT2D eigenvalue weighted by Gasteiger charge is 2.18. The van der Waals surface area contributed by atoms with E-state index in [0.717, 1.165) is 11.1 Å². The van der Waals surface area contributed by atoms with E-state index < -0.39 is 6.10 Å². The SMILES string of the molecule is COC(C(=O)NCCc1ccc(O)cc1)c1ccccc1. The van der Waals surface area contributed by atoms with Crippen molar-refractivity contribution in [1.82, 2.24) is 5.32 Å². The molecule has 4 heteroatoms. The van der Waals surface area contributed by atoms with E-state index >= 15 is 0 Å². The van der Waals surface area contributed by atoms with E-state index in [9.17, 15) is 9.90 Å². The molecule has 0 aliphatic rings. The van der Waals surface area contributed by atoms with Crippen LogP contribution < -0.4 is 5.32 Å². The van der Waals surface area contributed by atoms with Gasteiger partial charge in [0.1, 0.15) is 5.75 Å². The van der Waals surface area contributed by atoms with Gasteiger partial charge < -0.3 is 15.2 Å². The number of carbonyl (C=O) groups is 1. The van der Waals surface area contributed by atoms with Crippen LogP contribution >= 0.6 is 0 Å². The Bertz CT molecular complexity index is 566. The number of phenolic OH excluding ortho intramolecular Hbond substituents is 1. The molecule has 0 fully saturated rings. The Kier molecular flexibility index (Phi) is 5.35. The number of rotatable bonds is 6. The molecule has 0 bridgehead atoms. The zero-order chi connectivity index (χ0) is 15.1. The van der Waals surface area contributed by atoms with Crippen LogP contribution in [0.3, 0.4) is 0 Å². The van der Waals surface area contributed by atoms with Crippen LogP contribution in [0.1, 0.15) is 17.2 Å². The molecule has 2 N–H and O–H groups in total. The lowest BCUT2D eigenvalue weighted by molar-refractivity contribution is -0.131. The number of methoxy groups -OCH3 is 1. The third kappa shape index (κ3) is 4.33. The van der Waals surface area contributed by atoms with Crippen molar-refractivity contribution in [3.05, 3.63) is 65.7 Å². The largest absolute Gasteiger partial charge is 0.508 e. The van der Waals surface area contributed by atoms with Gasteiger partial charge in [-0.15, -0.1) is 0 Å². The molecule has 1 amide bonds. The van der Waals surface area contributed by atoms with E-state index in [1.165, 1.54) is 7.11 Å². The Morgan fingerprint density at radius 3 is 2.43 bits per heavy atom. The average molecular weight is 285 g/mol. The highest BCUT2D eigenvalue weighted by molar-refractivity contribution is 5.82. The molecule has 2 aromatic rings. The second-order valence-corrected chi connectivity index (χ2v) is 4.73. The summed E-state index contributed by atoms with van der Waals surface area (Å²) >= 11 is 0. The molecule has 0 saturated carbocycles. The molecule has 110 valence electrons. The molecule has 0 aliphatic carbocycles. The molecule has 0 heterocycles. The summed E-state index contributed by atoms with van der Waals surface area (Å²) in [6.07, 6.45) is 0.114. The number of carbonyl (C=O) groups excluding carboxylic acids is 1. The van der Waals surface area contributed by atoms with Gasteiger partial charge in [0.15, 0.2) is 6.10 Å². The Hall–Kier alpha value is -2.33. The zero-order valence-corrected chi connectivity index (χ0v) is 12.0. The lowest BCUT2D eigenvalue weighted by Gasteiger charge is -2.15. The Morgan fingerprint density at radius 2 is 1.81 bits per heavy atom. The van der Waals surface area contributed by atoms with E-state index in [4.69, 9.17) is 4.74 Å². The van der Waals surface area contributed by atoms with Crippen LogP contribution in [-0.2, 0) is 16.0 Å². The molecule has 0 saturated heterocycles. The van der Waals surface area contributed by atoms with Crippen molar-refractivity contribution in [1.29, 1.82) is 0 Å². The summed E-state index contributed by atoms with van der Waals surface area (Å²) in [6.45, 7) is 0.524. The minimum absolute atomic E-state index is 0.150. The molecular formula is C17H19NO3. The van der Waals surface area contributed by atoms with Gasteiger partial charge in [-0.1, -0.05) is 42.5 Å². The van der Waals surface area contributed by atoms with Crippen molar-refractivity contribution in [2.24, 2.45) is 0 Å². The fraction of sp³-hybridized carbons (Fsp3) is 0.235. The van der Waals surface area contributed by atoms with E-state index in [0.29, 0.717) is 13.0 Å². The lowest BCUT2D eigenvalue weighted by atomic mass is 10.1. The fourth-order valence-electron chi connectivity index (χ4n) is 2.11. The highest BCUT2D eigenvalue weighted by Crippen LogP contribution is 2.16. The molecule has 2 rings (SSSR count). The van der Waals surface area contributed by atoms with Crippen LogP contribution in [0.4, 0.5) is 0 Å². The first kappa shape index (κ1) is 15.1. The number of benzene rings is 2. The van der Waals surface area contributed by atoms with Gasteiger partial charge in [0.05, 0.1) is 0 Å². The molecular weight excluding hydrogens is 266 g/mol. The maximum absolute atomic E-state index is 12.1. The maximum atomic E-state index is 12.1. The Balaban J connectivity index is 1.87. The maximum Gasteiger partial charge on any atom is 0.253 e. The first-order valence-electron chi connectivity index (χ1n) is 6.84. The average Bonchev–Trinajstić information content (AvgIpc) is 2.51. The van der Waals surface area contributed by atoms with Gasteiger partial charge in [-0.05, 0) is 29.7 Å². The van der Waals surface area contributed by atoms with E-state index in [-0.39, 0.29) is 11.7 Å². The van der Waals surface area contributed by atoms with E-state index in [2.05, 4.69) is 5.32 Å². The number of phenols is 1. The van der Waals surface area contributed by atoms with Crippen LogP contribution in [0.25, 0.3) is 0 Å². The van der Waals surface area contributed by atoms with Gasteiger partial charge in [0, 0.05) is 13.7 Å². The second-order valence-electron chi connectivity index (χ2n) is 4.73. The van der Waals surface area contributed by atoms with Gasteiger partial charge in [0.2, 0.25) is 0 Å². The number of ether oxygens (including phenoxy) is 1. The summed E-state index contributed by atoms with van der Waals surface area (Å²) in [5, 5.41) is 12.1. The van der Waals surface area contributed by atoms with Crippen LogP contribution in [-0.4, -0.2) is 24.7 Å². The zero-order valence-electron chi connectivity index (χ0n) is 12.0. The van der Waals surface area contributed by atoms with Crippen LogP contribution in [0.2, 0.25) is 0 Å². The predicted molar refractivity (Wildman–Crippen MR) is 81.0 cm³/mol. The third-order valence-corrected chi connectivity index (χ3v) is 3.23. The van der Waals surface area contributed by atoms with Gasteiger partial charge in [0.25, 0.3) is 5.91 Å². The van der Waals surface area contributed by atoms with E-state index in [1.807, 2.05) is 42.5 Å². The first-order valence-corrected chi connectivity index (χ1v) is 6.84. The summed E-state index contributed by atoms with van der Waals surface area (Å²) in [5.74, 6) is 0.0915. The summed E-state index contributed by atoms with van der Waals surface area (Å²) in [5.41, 5.74) is 1.89. The molecule has 1 unspecified atom stereocenters. The minimum Gasteiger partial charge on any atom is -0.508 e. The van der Waals surface area contributed by atoms with Crippen LogP contribution in [0.15, 0.2) is 54.6 Å². The molecule has 0 radical (unpaired) electrons. The molecule has 1 atom stereocenters. The summed E-state index contributed by atoms with van der Waals surface area (Å²) in [4.78, 5) is 12.1. The predicted octanol–water partition coefficient (Wildman–Crippen LogP) is 2.44. The quantitative estimate of drug-likeness (QED) is 0.857. The van der Waals surface area contributed by atoms with Crippen molar-refractivity contribution >= 4 is 5.91 Å². The van der Waals surface area contributed by atoms with Gasteiger partial charge >= 0.3 is 0 Å². The fourth-order valence-corrected chi connectivity index (χ4v) is 2.11. The normalized spacial score (nSPS) is 11.9. The smallest absolute Gasteiger partial charge is 0.253 e. The van der Waals surface area contributed by atoms with Crippen molar-refractivity contribution in [2.45, 2.75) is 12.5 Å². The molecule has 0 aromatic heterocycles. The number of amides is 1. The summed E-state index contributed by atoms with van der Waals surface area (Å²) < 4.78 is 5.27. The topological polar surface area (TPSA) is 58.6 Å². The molecule has 2 aromatic carbocycles. The standard InChI is InChI=1S/C17H19NO3/c1-21-16(14-5-3-2-4-6-14)17(20)18-12-11-13-7-9-15(19)10-8-13/h2-10,16,19H,11-12H2,1H3,(H,18,20). The summed E-state index contributed by atoms with van der Waals surface area (Å²) in [7, 11) is 1.53. The van der Waals surface area contributed by atoms with Crippen molar-refractivity contribution in [2.75, 3.05) is 13.7 Å². The molecule has 4 nitrogen and oxygen atoms in total. The number of hydrogen-bond donors (Lipinski definition) is 2.